The molecule has 4 heteroatoms. The molecule has 3 N–H and O–H groups in total. The van der Waals surface area contributed by atoms with E-state index in [-0.39, 0.29) is 0 Å². The van der Waals surface area contributed by atoms with E-state index < -0.39 is 0 Å². The van der Waals surface area contributed by atoms with Crippen molar-refractivity contribution in [2.24, 2.45) is 5.73 Å². The van der Waals surface area contributed by atoms with E-state index in [1.807, 2.05) is 18.2 Å². The van der Waals surface area contributed by atoms with Crippen LogP contribution >= 0.6 is 0 Å². The zero-order valence-corrected chi connectivity index (χ0v) is 18.2. The fourth-order valence-electron chi connectivity index (χ4n) is 4.29. The number of nitrogens with two attached hydrogens (primary N) is 1. The van der Waals surface area contributed by atoms with Crippen LogP contribution in [0.4, 0.5) is 0 Å². The molecule has 2 heterocycles. The van der Waals surface area contributed by atoms with Gasteiger partial charge in [0.1, 0.15) is 5.75 Å². The quantitative estimate of drug-likeness (QED) is 0.346. The molecule has 0 saturated carbocycles. The summed E-state index contributed by atoms with van der Waals surface area (Å²) in [6.45, 7) is 5.25. The third kappa shape index (κ3) is 3.68. The number of fused-ring (bicyclic) bond motifs is 2. The van der Waals surface area contributed by atoms with Crippen molar-refractivity contribution >= 4 is 21.8 Å². The number of unbranched alkanes of at least 4 members (excludes halogenated alkanes) is 1. The van der Waals surface area contributed by atoms with Crippen molar-refractivity contribution in [3.8, 4) is 17.1 Å². The lowest BCUT2D eigenvalue weighted by atomic mass is 9.95. The summed E-state index contributed by atoms with van der Waals surface area (Å²) in [5, 5.41) is 2.33. The van der Waals surface area contributed by atoms with Gasteiger partial charge in [-0.05, 0) is 61.4 Å². The zero-order valence-electron chi connectivity index (χ0n) is 18.2. The van der Waals surface area contributed by atoms with Crippen LogP contribution in [0.3, 0.4) is 0 Å². The molecule has 4 rings (SSSR count). The maximum absolute atomic E-state index is 5.78. The summed E-state index contributed by atoms with van der Waals surface area (Å²) in [5.74, 6) is 1.35. The molecule has 0 spiro atoms. The number of aromatic amines is 1. The van der Waals surface area contributed by atoms with E-state index in [1.165, 1.54) is 22.0 Å². The average Bonchev–Trinajstić information content (AvgIpc) is 3.16. The van der Waals surface area contributed by atoms with Crippen LogP contribution in [-0.4, -0.2) is 23.6 Å². The number of H-pyrrole nitrogens is 1. The predicted molar refractivity (Wildman–Crippen MR) is 126 cm³/mol. The minimum atomic E-state index is 0.496. The number of ether oxygens (including phenoxy) is 1. The average molecular weight is 402 g/mol. The number of para-hydroxylation sites is 2. The lowest BCUT2D eigenvalue weighted by Gasteiger charge is -2.10. The summed E-state index contributed by atoms with van der Waals surface area (Å²) < 4.78 is 5.71. The van der Waals surface area contributed by atoms with Crippen LogP contribution in [-0.2, 0) is 6.42 Å². The second kappa shape index (κ2) is 8.88. The van der Waals surface area contributed by atoms with E-state index in [9.17, 15) is 0 Å². The Morgan fingerprint density at radius 1 is 1.07 bits per heavy atom. The molecule has 0 saturated heterocycles. The van der Waals surface area contributed by atoms with Crippen LogP contribution in [0.25, 0.3) is 33.2 Å². The molecule has 2 aromatic carbocycles. The number of aromatic nitrogens is 2. The maximum Gasteiger partial charge on any atom is 0.130 e. The summed E-state index contributed by atoms with van der Waals surface area (Å²) in [6, 6.07) is 16.9. The number of benzene rings is 2. The van der Waals surface area contributed by atoms with Gasteiger partial charge in [0, 0.05) is 22.4 Å². The van der Waals surface area contributed by atoms with Crippen LogP contribution < -0.4 is 10.5 Å². The molecule has 4 nitrogen and oxygen atoms in total. The van der Waals surface area contributed by atoms with Crippen LogP contribution in [0.1, 0.15) is 50.2 Å². The van der Waals surface area contributed by atoms with E-state index in [1.54, 1.807) is 7.11 Å². The lowest BCUT2D eigenvalue weighted by Crippen LogP contribution is -1.99. The summed E-state index contributed by atoms with van der Waals surface area (Å²) in [5.41, 5.74) is 12.7. The second-order valence-corrected chi connectivity index (χ2v) is 8.03. The Hall–Kier alpha value is -2.85. The van der Waals surface area contributed by atoms with Crippen molar-refractivity contribution < 1.29 is 4.74 Å². The van der Waals surface area contributed by atoms with Gasteiger partial charge in [-0.2, -0.15) is 0 Å². The van der Waals surface area contributed by atoms with Crippen LogP contribution in [0, 0.1) is 0 Å². The van der Waals surface area contributed by atoms with Gasteiger partial charge in [-0.1, -0.05) is 44.2 Å². The smallest absolute Gasteiger partial charge is 0.130 e. The molecule has 2 aromatic heterocycles. The first-order chi connectivity index (χ1) is 14.7. The highest BCUT2D eigenvalue weighted by atomic mass is 16.5. The monoisotopic (exact) mass is 401 g/mol. The molecule has 0 fully saturated rings. The summed E-state index contributed by atoms with van der Waals surface area (Å²) in [6.07, 6.45) is 4.17. The Bertz CT molecular complexity index is 1160. The SMILES string of the molecule is CCC(C)c1cccc2c(CCCCN)c(-c3cc(OC)c4ccccc4n3)[nH]c12. The van der Waals surface area contributed by atoms with E-state index in [2.05, 4.69) is 49.2 Å². The standard InChI is InChI=1S/C26H31N3O/c1-4-17(2)18-12-9-13-19-20(10-7-8-15-27)26(29-25(18)19)23-16-24(30-3)21-11-5-6-14-22(21)28-23/h5-6,9,11-14,16-17,29H,4,7-8,10,15,27H2,1-3H3. The highest BCUT2D eigenvalue weighted by Gasteiger charge is 2.19. The van der Waals surface area contributed by atoms with Crippen LogP contribution in [0.2, 0.25) is 0 Å². The molecular weight excluding hydrogens is 370 g/mol. The van der Waals surface area contributed by atoms with Gasteiger partial charge in [-0.15, -0.1) is 0 Å². The fraction of sp³-hybridized carbons (Fsp3) is 0.346. The molecule has 0 radical (unpaired) electrons. The Morgan fingerprint density at radius 2 is 1.87 bits per heavy atom. The second-order valence-electron chi connectivity index (χ2n) is 8.03. The molecule has 156 valence electrons. The van der Waals surface area contributed by atoms with Crippen molar-refractivity contribution in [1.29, 1.82) is 0 Å². The van der Waals surface area contributed by atoms with E-state index in [0.29, 0.717) is 5.92 Å². The number of rotatable bonds is 8. The zero-order chi connectivity index (χ0) is 21.1. The molecule has 30 heavy (non-hydrogen) atoms. The van der Waals surface area contributed by atoms with Crippen molar-refractivity contribution in [2.75, 3.05) is 13.7 Å². The fourth-order valence-corrected chi connectivity index (χ4v) is 4.29. The van der Waals surface area contributed by atoms with Crippen LogP contribution in [0.15, 0.2) is 48.5 Å². The molecule has 1 unspecified atom stereocenters. The molecule has 0 amide bonds. The highest BCUT2D eigenvalue weighted by molar-refractivity contribution is 5.94. The lowest BCUT2D eigenvalue weighted by molar-refractivity contribution is 0.419. The number of nitrogens with zero attached hydrogens (tertiary/aromatic N) is 1. The molecular formula is C26H31N3O. The van der Waals surface area contributed by atoms with Gasteiger partial charge >= 0.3 is 0 Å². The Kier molecular flexibility index (Phi) is 6.05. The van der Waals surface area contributed by atoms with Crippen molar-refractivity contribution in [3.63, 3.8) is 0 Å². The van der Waals surface area contributed by atoms with E-state index in [4.69, 9.17) is 15.5 Å². The van der Waals surface area contributed by atoms with Crippen molar-refractivity contribution in [3.05, 3.63) is 59.7 Å². The predicted octanol–water partition coefficient (Wildman–Crippen LogP) is 6.19. The Labute approximate surface area is 178 Å². The maximum atomic E-state index is 5.78. The minimum Gasteiger partial charge on any atom is -0.496 e. The highest BCUT2D eigenvalue weighted by Crippen LogP contribution is 2.37. The third-order valence-electron chi connectivity index (χ3n) is 6.15. The topological polar surface area (TPSA) is 63.9 Å². The normalized spacial score (nSPS) is 12.5. The van der Waals surface area contributed by atoms with Gasteiger partial charge in [0.15, 0.2) is 0 Å². The number of hydrogen-bond donors (Lipinski definition) is 2. The number of nitrogens with one attached hydrogen (secondary N) is 1. The van der Waals surface area contributed by atoms with Crippen molar-refractivity contribution in [2.45, 2.75) is 45.4 Å². The Balaban J connectivity index is 1.95. The van der Waals surface area contributed by atoms with Gasteiger partial charge in [0.25, 0.3) is 0 Å². The molecule has 1 atom stereocenters. The summed E-state index contributed by atoms with van der Waals surface area (Å²) >= 11 is 0. The van der Waals surface area contributed by atoms with E-state index in [0.717, 1.165) is 60.3 Å². The first-order valence-electron chi connectivity index (χ1n) is 11.0. The van der Waals surface area contributed by atoms with Gasteiger partial charge < -0.3 is 15.5 Å². The summed E-state index contributed by atoms with van der Waals surface area (Å²) in [7, 11) is 1.72. The van der Waals surface area contributed by atoms with Gasteiger partial charge in [-0.3, -0.25) is 0 Å². The van der Waals surface area contributed by atoms with E-state index >= 15 is 0 Å². The van der Waals surface area contributed by atoms with Gasteiger partial charge in [-0.25, -0.2) is 4.98 Å². The van der Waals surface area contributed by atoms with Crippen LogP contribution in [0.5, 0.6) is 5.75 Å². The third-order valence-corrected chi connectivity index (χ3v) is 6.15. The number of aryl methyl sites for hydroxylation is 1. The largest absolute Gasteiger partial charge is 0.496 e. The molecule has 0 aliphatic heterocycles. The van der Waals surface area contributed by atoms with Crippen molar-refractivity contribution in [1.82, 2.24) is 9.97 Å². The molecule has 0 bridgehead atoms. The number of pyridine rings is 1. The minimum absolute atomic E-state index is 0.496. The molecule has 0 aliphatic rings. The molecule has 0 aliphatic carbocycles. The van der Waals surface area contributed by atoms with Gasteiger partial charge in [0.05, 0.1) is 24.0 Å². The molecule has 4 aromatic rings. The summed E-state index contributed by atoms with van der Waals surface area (Å²) in [4.78, 5) is 8.75. The first kappa shape index (κ1) is 20.4. The number of methoxy groups -OCH3 is 1. The first-order valence-corrected chi connectivity index (χ1v) is 11.0. The van der Waals surface area contributed by atoms with Gasteiger partial charge in [0.2, 0.25) is 0 Å². The Morgan fingerprint density at radius 3 is 2.63 bits per heavy atom. The number of hydrogen-bond acceptors (Lipinski definition) is 3.